The standard InChI is InChI=1S/C17H23N3/c1-17(10-11-20(12-17)13-6-2-3-7-13)16-18-14-8-4-5-9-15(14)19-16/h4-5,8-9,13H,2-3,6-7,10-12H2,1H3,(H,18,19). The molecule has 0 amide bonds. The lowest BCUT2D eigenvalue weighted by molar-refractivity contribution is 0.231. The topological polar surface area (TPSA) is 31.9 Å². The third kappa shape index (κ3) is 1.96. The van der Waals surface area contributed by atoms with Crippen LogP contribution in [0.5, 0.6) is 0 Å². The highest BCUT2D eigenvalue weighted by Gasteiger charge is 2.40. The predicted octanol–water partition coefficient (Wildman–Crippen LogP) is 3.47. The van der Waals surface area contributed by atoms with Crippen molar-refractivity contribution in [1.82, 2.24) is 14.9 Å². The number of hydrogen-bond donors (Lipinski definition) is 1. The van der Waals surface area contributed by atoms with Crippen molar-refractivity contribution in [2.24, 2.45) is 0 Å². The van der Waals surface area contributed by atoms with Gasteiger partial charge in [-0.05, 0) is 37.9 Å². The van der Waals surface area contributed by atoms with Crippen molar-refractivity contribution in [1.29, 1.82) is 0 Å². The van der Waals surface area contributed by atoms with E-state index in [1.54, 1.807) is 0 Å². The molecule has 1 aliphatic carbocycles. The minimum absolute atomic E-state index is 0.196. The van der Waals surface area contributed by atoms with Crippen molar-refractivity contribution >= 4 is 11.0 Å². The summed E-state index contributed by atoms with van der Waals surface area (Å²) in [6.07, 6.45) is 6.86. The van der Waals surface area contributed by atoms with Crippen LogP contribution in [0.15, 0.2) is 24.3 Å². The molecule has 3 nitrogen and oxygen atoms in total. The Balaban J connectivity index is 1.60. The molecule has 1 N–H and O–H groups in total. The second-order valence-corrected chi connectivity index (χ2v) is 6.82. The van der Waals surface area contributed by atoms with E-state index in [0.717, 1.165) is 18.1 Å². The Bertz CT molecular complexity index is 578. The van der Waals surface area contributed by atoms with Crippen LogP contribution in [0.4, 0.5) is 0 Å². The van der Waals surface area contributed by atoms with Gasteiger partial charge >= 0.3 is 0 Å². The number of benzene rings is 1. The number of imidazole rings is 1. The van der Waals surface area contributed by atoms with Crippen LogP contribution in [0.3, 0.4) is 0 Å². The summed E-state index contributed by atoms with van der Waals surface area (Å²) in [5, 5.41) is 0. The maximum atomic E-state index is 4.85. The van der Waals surface area contributed by atoms with Crippen LogP contribution in [0.2, 0.25) is 0 Å². The summed E-state index contributed by atoms with van der Waals surface area (Å²) in [5.74, 6) is 1.18. The Hall–Kier alpha value is -1.35. The maximum absolute atomic E-state index is 4.85. The summed E-state index contributed by atoms with van der Waals surface area (Å²) in [7, 11) is 0. The van der Waals surface area contributed by atoms with E-state index in [4.69, 9.17) is 4.98 Å². The molecule has 2 aromatic rings. The summed E-state index contributed by atoms with van der Waals surface area (Å²) >= 11 is 0. The number of nitrogens with one attached hydrogen (secondary N) is 1. The summed E-state index contributed by atoms with van der Waals surface area (Å²) in [6, 6.07) is 9.20. The Morgan fingerprint density at radius 2 is 2.05 bits per heavy atom. The van der Waals surface area contributed by atoms with Crippen LogP contribution < -0.4 is 0 Å². The van der Waals surface area contributed by atoms with Crippen molar-refractivity contribution in [3.63, 3.8) is 0 Å². The van der Waals surface area contributed by atoms with Gasteiger partial charge in [-0.3, -0.25) is 4.90 Å². The normalized spacial score (nSPS) is 28.6. The van der Waals surface area contributed by atoms with E-state index < -0.39 is 0 Å². The second-order valence-electron chi connectivity index (χ2n) is 6.82. The number of nitrogens with zero attached hydrogens (tertiary/aromatic N) is 2. The monoisotopic (exact) mass is 269 g/mol. The van der Waals surface area contributed by atoms with Gasteiger partial charge in [-0.25, -0.2) is 4.98 Å². The number of fused-ring (bicyclic) bond motifs is 1. The molecule has 1 saturated carbocycles. The number of likely N-dealkylation sites (tertiary alicyclic amines) is 1. The fourth-order valence-corrected chi connectivity index (χ4v) is 4.01. The quantitative estimate of drug-likeness (QED) is 0.905. The smallest absolute Gasteiger partial charge is 0.114 e. The van der Waals surface area contributed by atoms with Gasteiger partial charge in [0.1, 0.15) is 5.82 Å². The number of para-hydroxylation sites is 2. The average Bonchev–Trinajstić information content (AvgIpc) is 3.17. The maximum Gasteiger partial charge on any atom is 0.114 e. The minimum atomic E-state index is 0.196. The van der Waals surface area contributed by atoms with Crippen molar-refractivity contribution in [3.05, 3.63) is 30.1 Å². The van der Waals surface area contributed by atoms with E-state index >= 15 is 0 Å². The Labute approximate surface area is 120 Å². The molecule has 1 atom stereocenters. The van der Waals surface area contributed by atoms with E-state index in [1.807, 2.05) is 0 Å². The Morgan fingerprint density at radius 1 is 1.25 bits per heavy atom. The summed E-state index contributed by atoms with van der Waals surface area (Å²) < 4.78 is 0. The molecule has 0 radical (unpaired) electrons. The minimum Gasteiger partial charge on any atom is -0.341 e. The van der Waals surface area contributed by atoms with Gasteiger partial charge in [0.15, 0.2) is 0 Å². The van der Waals surface area contributed by atoms with Gasteiger partial charge < -0.3 is 4.98 Å². The molecule has 0 bridgehead atoms. The molecule has 4 rings (SSSR count). The molecule has 3 heteroatoms. The highest BCUT2D eigenvalue weighted by atomic mass is 15.2. The van der Waals surface area contributed by atoms with Gasteiger partial charge in [0.2, 0.25) is 0 Å². The van der Waals surface area contributed by atoms with Crippen LogP contribution in [-0.4, -0.2) is 34.0 Å². The lowest BCUT2D eigenvalue weighted by atomic mass is 9.89. The van der Waals surface area contributed by atoms with Crippen LogP contribution in [0, 0.1) is 0 Å². The van der Waals surface area contributed by atoms with Crippen LogP contribution in [0.25, 0.3) is 11.0 Å². The first-order valence-corrected chi connectivity index (χ1v) is 7.94. The van der Waals surface area contributed by atoms with Crippen LogP contribution in [-0.2, 0) is 5.41 Å². The highest BCUT2D eigenvalue weighted by Crippen LogP contribution is 2.37. The number of H-pyrrole nitrogens is 1. The van der Waals surface area contributed by atoms with Crippen molar-refractivity contribution in [2.45, 2.75) is 50.5 Å². The number of aromatic nitrogens is 2. The molecule has 2 aliphatic rings. The summed E-state index contributed by atoms with van der Waals surface area (Å²) in [4.78, 5) is 11.1. The molecule has 2 heterocycles. The molecule has 1 saturated heterocycles. The third-order valence-electron chi connectivity index (χ3n) is 5.31. The van der Waals surface area contributed by atoms with Gasteiger partial charge in [-0.15, -0.1) is 0 Å². The highest BCUT2D eigenvalue weighted by molar-refractivity contribution is 5.75. The van der Waals surface area contributed by atoms with Crippen molar-refractivity contribution < 1.29 is 0 Å². The first-order chi connectivity index (χ1) is 9.74. The summed E-state index contributed by atoms with van der Waals surface area (Å²) in [5.41, 5.74) is 2.47. The molecule has 2 fully saturated rings. The summed E-state index contributed by atoms with van der Waals surface area (Å²) in [6.45, 7) is 4.77. The van der Waals surface area contributed by atoms with E-state index in [0.29, 0.717) is 0 Å². The van der Waals surface area contributed by atoms with E-state index in [1.165, 1.54) is 50.0 Å². The number of aromatic amines is 1. The molecule has 1 unspecified atom stereocenters. The molecular formula is C17H23N3. The lowest BCUT2D eigenvalue weighted by Crippen LogP contribution is -2.35. The van der Waals surface area contributed by atoms with E-state index in [9.17, 15) is 0 Å². The average molecular weight is 269 g/mol. The first kappa shape index (κ1) is 12.4. The predicted molar refractivity (Wildman–Crippen MR) is 81.9 cm³/mol. The van der Waals surface area contributed by atoms with Gasteiger partial charge in [-0.1, -0.05) is 31.9 Å². The van der Waals surface area contributed by atoms with Gasteiger partial charge in [0.05, 0.1) is 11.0 Å². The van der Waals surface area contributed by atoms with Crippen LogP contribution in [0.1, 0.15) is 44.9 Å². The zero-order valence-electron chi connectivity index (χ0n) is 12.2. The lowest BCUT2D eigenvalue weighted by Gasteiger charge is -2.26. The second kappa shape index (κ2) is 4.59. The molecule has 1 aromatic heterocycles. The first-order valence-electron chi connectivity index (χ1n) is 7.94. The molecular weight excluding hydrogens is 246 g/mol. The molecule has 0 spiro atoms. The molecule has 1 aliphatic heterocycles. The Kier molecular flexibility index (Phi) is 2.84. The largest absolute Gasteiger partial charge is 0.341 e. The fourth-order valence-electron chi connectivity index (χ4n) is 4.01. The molecule has 1 aromatic carbocycles. The molecule has 20 heavy (non-hydrogen) atoms. The zero-order chi connectivity index (χ0) is 13.6. The van der Waals surface area contributed by atoms with Gasteiger partial charge in [-0.2, -0.15) is 0 Å². The molecule has 106 valence electrons. The Morgan fingerprint density at radius 3 is 2.85 bits per heavy atom. The number of rotatable bonds is 2. The number of hydrogen-bond acceptors (Lipinski definition) is 2. The van der Waals surface area contributed by atoms with Crippen LogP contribution >= 0.6 is 0 Å². The van der Waals surface area contributed by atoms with Gasteiger partial charge in [0, 0.05) is 18.0 Å². The van der Waals surface area contributed by atoms with Gasteiger partial charge in [0.25, 0.3) is 0 Å². The zero-order valence-corrected chi connectivity index (χ0v) is 12.2. The SMILES string of the molecule is CC1(c2nc3ccccc3[nH]2)CCN(C2CCCC2)C1. The van der Waals surface area contributed by atoms with Crippen molar-refractivity contribution in [2.75, 3.05) is 13.1 Å². The fraction of sp³-hybridized carbons (Fsp3) is 0.588. The van der Waals surface area contributed by atoms with E-state index in [2.05, 4.69) is 41.1 Å². The van der Waals surface area contributed by atoms with Crippen molar-refractivity contribution in [3.8, 4) is 0 Å². The van der Waals surface area contributed by atoms with E-state index in [-0.39, 0.29) is 5.41 Å². The third-order valence-corrected chi connectivity index (χ3v) is 5.31.